The molecule has 0 spiro atoms. The van der Waals surface area contributed by atoms with E-state index in [1.165, 1.54) is 24.3 Å². The minimum atomic E-state index is -1.24. The number of hydrogen-bond acceptors (Lipinski definition) is 9. The minimum Gasteiger partial charge on any atom is -0.429 e. The number of nitrogens with two attached hydrogens (primary N) is 1. The van der Waals surface area contributed by atoms with E-state index in [1.807, 2.05) is 0 Å². The molecule has 236 valence electrons. The average molecular weight is 613 g/mol. The molecule has 1 atom stereocenters. The van der Waals surface area contributed by atoms with Crippen LogP contribution in [0, 0.1) is 15.5 Å². The SMILES string of the molecule is CC(C)NC(=O)C1(C(=O)N[C@@H](CCCNC(N)=O)C(=O)Nc2ccc(COC(=O)Oc3ccc([N+](=O)[O-])cc3)cc2)CCC1. The third-order valence-electron chi connectivity index (χ3n) is 6.91. The Kier molecular flexibility index (Phi) is 11.6. The van der Waals surface area contributed by atoms with E-state index in [0.29, 0.717) is 36.9 Å². The highest BCUT2D eigenvalue weighted by Crippen LogP contribution is 2.41. The Morgan fingerprint density at radius 1 is 0.977 bits per heavy atom. The van der Waals surface area contributed by atoms with Crippen molar-refractivity contribution in [3.63, 3.8) is 0 Å². The summed E-state index contributed by atoms with van der Waals surface area (Å²) < 4.78 is 10.1. The average Bonchev–Trinajstić information content (AvgIpc) is 2.93. The Morgan fingerprint density at radius 3 is 2.16 bits per heavy atom. The minimum absolute atomic E-state index is 0.0782. The maximum Gasteiger partial charge on any atom is 0.514 e. The van der Waals surface area contributed by atoms with E-state index in [2.05, 4.69) is 21.3 Å². The number of hydrogen-bond donors (Lipinski definition) is 5. The summed E-state index contributed by atoms with van der Waals surface area (Å²) in [5.74, 6) is -1.35. The van der Waals surface area contributed by atoms with Crippen molar-refractivity contribution in [2.24, 2.45) is 11.1 Å². The van der Waals surface area contributed by atoms with Gasteiger partial charge in [-0.1, -0.05) is 18.6 Å². The summed E-state index contributed by atoms with van der Waals surface area (Å²) in [5, 5.41) is 21.4. The van der Waals surface area contributed by atoms with Crippen LogP contribution in [0.25, 0.3) is 0 Å². The largest absolute Gasteiger partial charge is 0.514 e. The number of anilines is 1. The van der Waals surface area contributed by atoms with Gasteiger partial charge in [0.25, 0.3) is 5.69 Å². The number of amides is 5. The highest BCUT2D eigenvalue weighted by molar-refractivity contribution is 6.08. The van der Waals surface area contributed by atoms with E-state index < -0.39 is 40.4 Å². The molecule has 0 bridgehead atoms. The van der Waals surface area contributed by atoms with Gasteiger partial charge in [-0.25, -0.2) is 9.59 Å². The normalized spacial score (nSPS) is 13.9. The van der Waals surface area contributed by atoms with Crippen molar-refractivity contribution in [3.05, 3.63) is 64.2 Å². The second-order valence-electron chi connectivity index (χ2n) is 10.6. The Hall–Kier alpha value is -5.21. The molecule has 0 unspecified atom stereocenters. The number of carbonyl (C=O) groups is 5. The van der Waals surface area contributed by atoms with Crippen LogP contribution < -0.4 is 31.7 Å². The van der Waals surface area contributed by atoms with Gasteiger partial charge in [0, 0.05) is 30.4 Å². The van der Waals surface area contributed by atoms with Gasteiger partial charge in [0.05, 0.1) is 4.92 Å². The standard InChI is InChI=1S/C29H36N6O9/c1-18(2)32-25(37)29(14-4-15-29)26(38)34-23(5-3-16-31-27(30)39)24(36)33-20-8-6-19(7-9-20)17-43-28(40)44-22-12-10-21(11-13-22)35(41)42/h6-13,18,23H,3-5,14-17H2,1-2H3,(H,32,37)(H,33,36)(H,34,38)(H3,30,31,39)/t23-/m0/s1. The summed E-state index contributed by atoms with van der Waals surface area (Å²) in [6.45, 7) is 3.64. The summed E-state index contributed by atoms with van der Waals surface area (Å²) in [7, 11) is 0. The monoisotopic (exact) mass is 612 g/mol. The summed E-state index contributed by atoms with van der Waals surface area (Å²) in [5.41, 5.74) is 4.70. The van der Waals surface area contributed by atoms with E-state index >= 15 is 0 Å². The summed E-state index contributed by atoms with van der Waals surface area (Å²) >= 11 is 0. The van der Waals surface area contributed by atoms with Gasteiger partial charge in [0.15, 0.2) is 0 Å². The molecule has 5 amide bonds. The number of non-ortho nitro benzene ring substituents is 1. The molecule has 1 aliphatic rings. The Labute approximate surface area is 253 Å². The number of nitro benzene ring substituents is 1. The first-order chi connectivity index (χ1) is 20.9. The molecule has 0 radical (unpaired) electrons. The van der Waals surface area contributed by atoms with E-state index in [9.17, 15) is 34.1 Å². The molecule has 15 nitrogen and oxygen atoms in total. The van der Waals surface area contributed by atoms with Crippen molar-refractivity contribution in [1.82, 2.24) is 16.0 Å². The second kappa shape index (κ2) is 15.3. The van der Waals surface area contributed by atoms with Gasteiger partial charge in [0.2, 0.25) is 17.7 Å². The molecule has 0 aliphatic heterocycles. The topological polar surface area (TPSA) is 221 Å². The quantitative estimate of drug-likeness (QED) is 0.0528. The molecule has 1 saturated carbocycles. The van der Waals surface area contributed by atoms with Gasteiger partial charge in [-0.3, -0.25) is 24.5 Å². The van der Waals surface area contributed by atoms with E-state index in [0.717, 1.165) is 0 Å². The predicted octanol–water partition coefficient (Wildman–Crippen LogP) is 2.88. The number of benzene rings is 2. The third-order valence-corrected chi connectivity index (χ3v) is 6.91. The lowest BCUT2D eigenvalue weighted by Gasteiger charge is -2.39. The lowest BCUT2D eigenvalue weighted by atomic mass is 9.67. The Bertz CT molecular complexity index is 1360. The number of ether oxygens (including phenoxy) is 2. The van der Waals surface area contributed by atoms with Crippen LogP contribution in [0.15, 0.2) is 48.5 Å². The van der Waals surface area contributed by atoms with Gasteiger partial charge in [-0.2, -0.15) is 0 Å². The fraction of sp³-hybridized carbons (Fsp3) is 0.414. The zero-order chi connectivity index (χ0) is 32.3. The maximum absolute atomic E-state index is 13.3. The molecule has 6 N–H and O–H groups in total. The van der Waals surface area contributed by atoms with Gasteiger partial charge < -0.3 is 36.5 Å². The number of urea groups is 1. The molecule has 3 rings (SSSR count). The number of nitrogens with one attached hydrogen (secondary N) is 4. The van der Waals surface area contributed by atoms with Crippen LogP contribution in [-0.4, -0.2) is 53.5 Å². The molecule has 2 aromatic rings. The van der Waals surface area contributed by atoms with Crippen molar-refractivity contribution in [2.75, 3.05) is 11.9 Å². The summed E-state index contributed by atoms with van der Waals surface area (Å²) in [4.78, 5) is 72.5. The first kappa shape index (κ1) is 33.3. The lowest BCUT2D eigenvalue weighted by Crippen LogP contribution is -2.59. The molecular formula is C29H36N6O9. The van der Waals surface area contributed by atoms with Crippen molar-refractivity contribution in [1.29, 1.82) is 0 Å². The van der Waals surface area contributed by atoms with Crippen LogP contribution in [0.4, 0.5) is 21.0 Å². The number of nitrogens with zero attached hydrogens (tertiary/aromatic N) is 1. The van der Waals surface area contributed by atoms with Crippen molar-refractivity contribution >= 4 is 41.3 Å². The molecule has 44 heavy (non-hydrogen) atoms. The van der Waals surface area contributed by atoms with Crippen molar-refractivity contribution in [2.45, 2.75) is 64.6 Å². The van der Waals surface area contributed by atoms with E-state index in [4.69, 9.17) is 15.2 Å². The highest BCUT2D eigenvalue weighted by Gasteiger charge is 2.51. The Morgan fingerprint density at radius 2 is 1.61 bits per heavy atom. The zero-order valence-corrected chi connectivity index (χ0v) is 24.4. The van der Waals surface area contributed by atoms with E-state index in [1.54, 1.807) is 38.1 Å². The number of primary amides is 1. The first-order valence-electron chi connectivity index (χ1n) is 14.0. The number of carbonyl (C=O) groups excluding carboxylic acids is 5. The molecular weight excluding hydrogens is 576 g/mol. The number of nitro groups is 1. The van der Waals surface area contributed by atoms with Crippen LogP contribution in [0.3, 0.4) is 0 Å². The number of rotatable bonds is 14. The van der Waals surface area contributed by atoms with Crippen LogP contribution in [0.2, 0.25) is 0 Å². The fourth-order valence-corrected chi connectivity index (χ4v) is 4.39. The predicted molar refractivity (Wildman–Crippen MR) is 157 cm³/mol. The van der Waals surface area contributed by atoms with Crippen LogP contribution in [0.5, 0.6) is 5.75 Å². The lowest BCUT2D eigenvalue weighted by molar-refractivity contribution is -0.384. The molecule has 0 heterocycles. The van der Waals surface area contributed by atoms with Gasteiger partial charge in [-0.15, -0.1) is 0 Å². The van der Waals surface area contributed by atoms with Gasteiger partial charge in [-0.05, 0) is 69.4 Å². The van der Waals surface area contributed by atoms with Crippen molar-refractivity contribution < 1.29 is 38.4 Å². The fourth-order valence-electron chi connectivity index (χ4n) is 4.39. The molecule has 0 saturated heterocycles. The maximum atomic E-state index is 13.3. The molecule has 2 aromatic carbocycles. The third kappa shape index (κ3) is 9.40. The summed E-state index contributed by atoms with van der Waals surface area (Å²) in [6, 6.07) is 9.44. The van der Waals surface area contributed by atoms with Crippen LogP contribution >= 0.6 is 0 Å². The summed E-state index contributed by atoms with van der Waals surface area (Å²) in [6.07, 6.45) is 0.955. The van der Waals surface area contributed by atoms with Gasteiger partial charge >= 0.3 is 12.2 Å². The molecule has 0 aromatic heterocycles. The molecule has 15 heteroatoms. The molecule has 1 fully saturated rings. The van der Waals surface area contributed by atoms with Crippen molar-refractivity contribution in [3.8, 4) is 5.75 Å². The molecule has 1 aliphatic carbocycles. The van der Waals surface area contributed by atoms with Crippen LogP contribution in [0.1, 0.15) is 51.5 Å². The van der Waals surface area contributed by atoms with Gasteiger partial charge in [0.1, 0.15) is 23.8 Å². The van der Waals surface area contributed by atoms with Crippen LogP contribution in [-0.2, 0) is 25.7 Å². The second-order valence-corrected chi connectivity index (χ2v) is 10.6. The zero-order valence-electron chi connectivity index (χ0n) is 24.4. The first-order valence-corrected chi connectivity index (χ1v) is 14.0. The highest BCUT2D eigenvalue weighted by atomic mass is 16.7. The smallest absolute Gasteiger partial charge is 0.429 e. The Balaban J connectivity index is 1.58. The van der Waals surface area contributed by atoms with E-state index in [-0.39, 0.29) is 43.0 Å².